The van der Waals surface area contributed by atoms with Crippen LogP contribution in [0, 0.1) is 6.92 Å². The van der Waals surface area contributed by atoms with Gasteiger partial charge in [-0.2, -0.15) is 0 Å². The topological polar surface area (TPSA) is 59.4 Å². The minimum Gasteiger partial charge on any atom is -0.447 e. The van der Waals surface area contributed by atoms with Gasteiger partial charge in [0.1, 0.15) is 11.9 Å². The molecule has 84 valence electrons. The smallest absolute Gasteiger partial charge is 0.193 e. The molecule has 0 saturated carbocycles. The van der Waals surface area contributed by atoms with Gasteiger partial charge in [0, 0.05) is 11.3 Å². The second kappa shape index (κ2) is 4.20. The lowest BCUT2D eigenvalue weighted by Crippen LogP contribution is -2.03. The lowest BCUT2D eigenvalue weighted by molar-refractivity contribution is 0.190. The van der Waals surface area contributed by atoms with Gasteiger partial charge >= 0.3 is 0 Å². The van der Waals surface area contributed by atoms with Crippen LogP contribution in [-0.2, 0) is 0 Å². The van der Waals surface area contributed by atoms with Gasteiger partial charge in [-0.25, -0.2) is 0 Å². The molecule has 0 aliphatic rings. The number of hydrogen-bond acceptors (Lipinski definition) is 3. The minimum atomic E-state index is -0.882. The van der Waals surface area contributed by atoms with E-state index in [0.29, 0.717) is 17.0 Å². The molecule has 16 heavy (non-hydrogen) atoms. The molecule has 0 aliphatic heterocycles. The fourth-order valence-corrected chi connectivity index (χ4v) is 1.71. The fourth-order valence-electron chi connectivity index (χ4n) is 1.56. The number of aliphatic hydroxyl groups is 1. The second-order valence-corrected chi connectivity index (χ2v) is 4.05. The van der Waals surface area contributed by atoms with E-state index < -0.39 is 6.10 Å². The summed E-state index contributed by atoms with van der Waals surface area (Å²) in [5, 5.41) is 10.3. The maximum atomic E-state index is 10.1. The number of hydrogen-bond donors (Lipinski definition) is 2. The van der Waals surface area contributed by atoms with Gasteiger partial charge in [0.25, 0.3) is 0 Å². The number of benzene rings is 1. The van der Waals surface area contributed by atoms with Gasteiger partial charge in [0.2, 0.25) is 0 Å². The van der Waals surface area contributed by atoms with Crippen LogP contribution in [0.1, 0.15) is 23.0 Å². The molecule has 0 spiro atoms. The Morgan fingerprint density at radius 2 is 2.06 bits per heavy atom. The van der Waals surface area contributed by atoms with Gasteiger partial charge in [0.05, 0.1) is 0 Å². The molecule has 0 aliphatic carbocycles. The van der Waals surface area contributed by atoms with Gasteiger partial charge in [-0.15, -0.1) is 0 Å². The third kappa shape index (κ3) is 2.05. The summed E-state index contributed by atoms with van der Waals surface area (Å²) in [4.78, 5) is 0. The van der Waals surface area contributed by atoms with E-state index in [-0.39, 0.29) is 5.22 Å². The third-order valence-electron chi connectivity index (χ3n) is 2.40. The van der Waals surface area contributed by atoms with Crippen LogP contribution in [0.5, 0.6) is 0 Å². The van der Waals surface area contributed by atoms with Gasteiger partial charge in [-0.1, -0.05) is 17.7 Å². The van der Waals surface area contributed by atoms with Crippen LogP contribution in [0.3, 0.4) is 0 Å². The van der Waals surface area contributed by atoms with Gasteiger partial charge in [-0.05, 0) is 36.7 Å². The van der Waals surface area contributed by atoms with Gasteiger partial charge < -0.3 is 15.3 Å². The van der Waals surface area contributed by atoms with Crippen LogP contribution in [0.2, 0.25) is 5.22 Å². The summed E-state index contributed by atoms with van der Waals surface area (Å²) in [5.74, 6) is 0.391. The highest BCUT2D eigenvalue weighted by Gasteiger charge is 2.17. The molecule has 1 aromatic carbocycles. The molecule has 1 atom stereocenters. The quantitative estimate of drug-likeness (QED) is 0.790. The zero-order valence-electron chi connectivity index (χ0n) is 8.77. The monoisotopic (exact) mass is 237 g/mol. The number of aryl methyl sites for hydroxylation is 1. The molecule has 3 N–H and O–H groups in total. The first-order chi connectivity index (χ1) is 7.58. The Morgan fingerprint density at radius 3 is 2.69 bits per heavy atom. The summed E-state index contributed by atoms with van der Waals surface area (Å²) in [5.41, 5.74) is 7.99. The number of halogens is 1. The van der Waals surface area contributed by atoms with Crippen molar-refractivity contribution in [2.75, 3.05) is 5.73 Å². The molecule has 2 aromatic rings. The molecule has 0 fully saturated rings. The Bertz CT molecular complexity index is 507. The predicted octanol–water partition coefficient (Wildman–Crippen LogP) is 2.91. The third-order valence-corrected chi connectivity index (χ3v) is 2.60. The largest absolute Gasteiger partial charge is 0.447 e. The number of anilines is 1. The Labute approximate surface area is 98.5 Å². The van der Waals surface area contributed by atoms with Crippen molar-refractivity contribution in [3.63, 3.8) is 0 Å². The highest BCUT2D eigenvalue weighted by atomic mass is 35.5. The standard InChI is InChI=1S/C12H12ClNO2/c1-7-2-3-9(14)8(6-7)12(15)10-4-5-11(13)16-10/h2-6,12,15H,14H2,1H3. The molecule has 4 heteroatoms. The summed E-state index contributed by atoms with van der Waals surface area (Å²) in [6.07, 6.45) is -0.882. The molecule has 0 radical (unpaired) electrons. The maximum Gasteiger partial charge on any atom is 0.193 e. The van der Waals surface area contributed by atoms with Crippen molar-refractivity contribution < 1.29 is 9.52 Å². The van der Waals surface area contributed by atoms with Crippen molar-refractivity contribution in [3.05, 3.63) is 52.4 Å². The normalized spacial score (nSPS) is 12.7. The number of nitrogens with two attached hydrogens (primary N) is 1. The SMILES string of the molecule is Cc1ccc(N)c(C(O)c2ccc(Cl)o2)c1. The summed E-state index contributed by atoms with van der Waals surface area (Å²) in [7, 11) is 0. The minimum absolute atomic E-state index is 0.250. The first kappa shape index (κ1) is 11.0. The zero-order chi connectivity index (χ0) is 11.7. The highest BCUT2D eigenvalue weighted by molar-refractivity contribution is 6.28. The maximum absolute atomic E-state index is 10.1. The number of aliphatic hydroxyl groups excluding tert-OH is 1. The molecule has 1 heterocycles. The van der Waals surface area contributed by atoms with E-state index in [2.05, 4.69) is 0 Å². The lowest BCUT2D eigenvalue weighted by Gasteiger charge is -2.11. The van der Waals surface area contributed by atoms with Crippen LogP contribution in [0.25, 0.3) is 0 Å². The van der Waals surface area contributed by atoms with Crippen molar-refractivity contribution in [1.29, 1.82) is 0 Å². The van der Waals surface area contributed by atoms with Gasteiger partial charge in [-0.3, -0.25) is 0 Å². The summed E-state index contributed by atoms with van der Waals surface area (Å²) in [6, 6.07) is 8.70. The van der Waals surface area contributed by atoms with Crippen LogP contribution in [-0.4, -0.2) is 5.11 Å². The van der Waals surface area contributed by atoms with Crippen molar-refractivity contribution in [3.8, 4) is 0 Å². The van der Waals surface area contributed by atoms with Crippen molar-refractivity contribution in [1.82, 2.24) is 0 Å². The fraction of sp³-hybridized carbons (Fsp3) is 0.167. The number of furan rings is 1. The summed E-state index contributed by atoms with van der Waals surface area (Å²) >= 11 is 5.65. The van der Waals surface area contributed by atoms with Crippen molar-refractivity contribution >= 4 is 17.3 Å². The first-order valence-electron chi connectivity index (χ1n) is 4.87. The molecule has 3 nitrogen and oxygen atoms in total. The van der Waals surface area contributed by atoms with Crippen LogP contribution in [0.4, 0.5) is 5.69 Å². The van der Waals surface area contributed by atoms with E-state index in [1.54, 1.807) is 18.2 Å². The van der Waals surface area contributed by atoms with Crippen molar-refractivity contribution in [2.24, 2.45) is 0 Å². The Balaban J connectivity index is 2.40. The van der Waals surface area contributed by atoms with E-state index >= 15 is 0 Å². The molecular weight excluding hydrogens is 226 g/mol. The zero-order valence-corrected chi connectivity index (χ0v) is 9.53. The van der Waals surface area contributed by atoms with Crippen LogP contribution >= 0.6 is 11.6 Å². The lowest BCUT2D eigenvalue weighted by atomic mass is 10.0. The van der Waals surface area contributed by atoms with E-state index in [0.717, 1.165) is 5.56 Å². The van der Waals surface area contributed by atoms with E-state index in [1.165, 1.54) is 0 Å². The highest BCUT2D eigenvalue weighted by Crippen LogP contribution is 2.29. The molecule has 2 rings (SSSR count). The molecule has 1 aromatic heterocycles. The van der Waals surface area contributed by atoms with E-state index in [1.807, 2.05) is 19.1 Å². The van der Waals surface area contributed by atoms with E-state index in [4.69, 9.17) is 21.8 Å². The Hall–Kier alpha value is -1.45. The molecule has 0 saturated heterocycles. The Kier molecular flexibility index (Phi) is 2.90. The van der Waals surface area contributed by atoms with Crippen LogP contribution in [0.15, 0.2) is 34.7 Å². The number of rotatable bonds is 2. The average Bonchev–Trinajstić information content (AvgIpc) is 2.67. The van der Waals surface area contributed by atoms with Crippen LogP contribution < -0.4 is 5.73 Å². The summed E-state index contributed by atoms with van der Waals surface area (Å²) < 4.78 is 5.15. The molecular formula is C12H12ClNO2. The van der Waals surface area contributed by atoms with E-state index in [9.17, 15) is 5.11 Å². The Morgan fingerprint density at radius 1 is 1.31 bits per heavy atom. The number of nitrogen functional groups attached to an aromatic ring is 1. The average molecular weight is 238 g/mol. The van der Waals surface area contributed by atoms with Crippen molar-refractivity contribution in [2.45, 2.75) is 13.0 Å². The first-order valence-corrected chi connectivity index (χ1v) is 5.25. The summed E-state index contributed by atoms with van der Waals surface area (Å²) in [6.45, 7) is 1.94. The molecule has 0 amide bonds. The van der Waals surface area contributed by atoms with Gasteiger partial charge in [0.15, 0.2) is 5.22 Å². The predicted molar refractivity (Wildman–Crippen MR) is 63.4 cm³/mol. The molecule has 1 unspecified atom stereocenters. The molecule has 0 bridgehead atoms. The second-order valence-electron chi connectivity index (χ2n) is 3.68.